The van der Waals surface area contributed by atoms with Gasteiger partial charge < -0.3 is 15.1 Å². The number of fused-ring (bicyclic) bond motifs is 1. The Morgan fingerprint density at radius 2 is 1.91 bits per heavy atom. The fourth-order valence-electron chi connectivity index (χ4n) is 4.64. The summed E-state index contributed by atoms with van der Waals surface area (Å²) in [5.41, 5.74) is 2.92. The molecule has 1 aliphatic heterocycles. The van der Waals surface area contributed by atoms with E-state index in [0.29, 0.717) is 11.3 Å². The van der Waals surface area contributed by atoms with Crippen molar-refractivity contribution in [1.82, 2.24) is 20.1 Å². The van der Waals surface area contributed by atoms with E-state index in [0.717, 1.165) is 68.6 Å². The molecule has 2 aromatic carbocycles. The molecule has 1 aliphatic rings. The molecule has 0 radical (unpaired) electrons. The highest BCUT2D eigenvalue weighted by atomic mass is 19.1. The number of amides is 1. The molecule has 5 nitrogen and oxygen atoms in total. The van der Waals surface area contributed by atoms with Crippen LogP contribution >= 0.6 is 0 Å². The maximum Gasteiger partial charge on any atom is 0.254 e. The van der Waals surface area contributed by atoms with E-state index in [9.17, 15) is 9.18 Å². The summed E-state index contributed by atoms with van der Waals surface area (Å²) in [7, 11) is 0. The average Bonchev–Trinajstić information content (AvgIpc) is 3.32. The molecule has 0 unspecified atom stereocenters. The summed E-state index contributed by atoms with van der Waals surface area (Å²) in [6.45, 7) is 9.98. The Labute approximate surface area is 195 Å². The first-order chi connectivity index (χ1) is 16.1. The highest BCUT2D eigenvalue weighted by Gasteiger charge is 2.30. The molecule has 0 bridgehead atoms. The van der Waals surface area contributed by atoms with Gasteiger partial charge in [-0.05, 0) is 62.3 Å². The number of hydrogen-bond donors (Lipinski definition) is 1. The summed E-state index contributed by atoms with van der Waals surface area (Å²) in [6, 6.07) is 16.1. The van der Waals surface area contributed by atoms with Crippen LogP contribution in [0.1, 0.15) is 37.0 Å². The van der Waals surface area contributed by atoms with Gasteiger partial charge in [0.25, 0.3) is 5.91 Å². The molecule has 4 rings (SSSR count). The van der Waals surface area contributed by atoms with Crippen LogP contribution in [0.4, 0.5) is 4.39 Å². The molecule has 1 saturated heterocycles. The second-order valence-electron chi connectivity index (χ2n) is 8.60. The average molecular weight is 449 g/mol. The van der Waals surface area contributed by atoms with Crippen molar-refractivity contribution in [3.05, 3.63) is 66.0 Å². The summed E-state index contributed by atoms with van der Waals surface area (Å²) >= 11 is 0. The lowest BCUT2D eigenvalue weighted by Crippen LogP contribution is -2.43. The van der Waals surface area contributed by atoms with E-state index >= 15 is 0 Å². The number of rotatable bonds is 9. The van der Waals surface area contributed by atoms with Crippen LogP contribution in [0.3, 0.4) is 0 Å². The van der Waals surface area contributed by atoms with Gasteiger partial charge in [-0.2, -0.15) is 0 Å². The van der Waals surface area contributed by atoms with Crippen molar-refractivity contribution < 1.29 is 9.18 Å². The Morgan fingerprint density at radius 1 is 1.15 bits per heavy atom. The fourth-order valence-corrected chi connectivity index (χ4v) is 4.64. The number of pyridine rings is 1. The quantitative estimate of drug-likeness (QED) is 0.487. The topological polar surface area (TPSA) is 48.5 Å². The Morgan fingerprint density at radius 3 is 2.67 bits per heavy atom. The van der Waals surface area contributed by atoms with E-state index in [4.69, 9.17) is 4.98 Å². The molecule has 33 heavy (non-hydrogen) atoms. The normalized spacial score (nSPS) is 16.1. The van der Waals surface area contributed by atoms with Crippen molar-refractivity contribution in [2.75, 3.05) is 39.3 Å². The number of hydrogen-bond acceptors (Lipinski definition) is 4. The standard InChI is InChI=1S/C27H33FN4O/c1-3-31(4-2)17-15-29-19-22-8-7-16-32(22)27(33)24-18-26(20-11-13-21(28)14-12-20)30-25-10-6-5-9-23(24)25/h5-6,9-14,18,22,29H,3-4,7-8,15-17,19H2,1-2H3/t22-/m1/s1. The first kappa shape index (κ1) is 23.3. The van der Waals surface area contributed by atoms with Crippen molar-refractivity contribution in [3.63, 3.8) is 0 Å². The van der Waals surface area contributed by atoms with Crippen LogP contribution in [0, 0.1) is 5.82 Å². The van der Waals surface area contributed by atoms with E-state index < -0.39 is 0 Å². The molecule has 6 heteroatoms. The SMILES string of the molecule is CCN(CC)CCNC[C@H]1CCCN1C(=O)c1cc(-c2ccc(F)cc2)nc2ccccc12. The number of carbonyl (C=O) groups excluding carboxylic acids is 1. The summed E-state index contributed by atoms with van der Waals surface area (Å²) in [6.07, 6.45) is 2.03. The van der Waals surface area contributed by atoms with E-state index in [1.807, 2.05) is 35.2 Å². The van der Waals surface area contributed by atoms with Gasteiger partial charge in [0, 0.05) is 43.2 Å². The number of benzene rings is 2. The largest absolute Gasteiger partial charge is 0.334 e. The first-order valence-corrected chi connectivity index (χ1v) is 12.0. The Balaban J connectivity index is 1.55. The zero-order valence-electron chi connectivity index (χ0n) is 19.6. The molecule has 3 aromatic rings. The lowest BCUT2D eigenvalue weighted by Gasteiger charge is -2.26. The van der Waals surface area contributed by atoms with E-state index in [-0.39, 0.29) is 17.8 Å². The van der Waals surface area contributed by atoms with Crippen LogP contribution in [0.5, 0.6) is 0 Å². The molecule has 0 aliphatic carbocycles. The Bertz CT molecular complexity index is 1080. The van der Waals surface area contributed by atoms with Crippen LogP contribution in [0.15, 0.2) is 54.6 Å². The van der Waals surface area contributed by atoms with E-state index in [2.05, 4.69) is 24.1 Å². The molecule has 1 atom stereocenters. The van der Waals surface area contributed by atoms with Crippen molar-refractivity contribution >= 4 is 16.8 Å². The van der Waals surface area contributed by atoms with Gasteiger partial charge >= 0.3 is 0 Å². The van der Waals surface area contributed by atoms with Gasteiger partial charge in [0.15, 0.2) is 0 Å². The van der Waals surface area contributed by atoms with Crippen LogP contribution in [-0.4, -0.2) is 66.0 Å². The number of likely N-dealkylation sites (tertiary alicyclic amines) is 1. The van der Waals surface area contributed by atoms with Gasteiger partial charge in [-0.3, -0.25) is 4.79 Å². The molecule has 1 fully saturated rings. The zero-order chi connectivity index (χ0) is 23.2. The maximum absolute atomic E-state index is 13.7. The number of halogens is 1. The first-order valence-electron chi connectivity index (χ1n) is 12.0. The fraction of sp³-hybridized carbons (Fsp3) is 0.407. The number of aromatic nitrogens is 1. The number of nitrogens with one attached hydrogen (secondary N) is 1. The summed E-state index contributed by atoms with van der Waals surface area (Å²) < 4.78 is 13.4. The van der Waals surface area contributed by atoms with Crippen LogP contribution < -0.4 is 5.32 Å². The number of para-hydroxylation sites is 1. The lowest BCUT2D eigenvalue weighted by molar-refractivity contribution is 0.0737. The predicted molar refractivity (Wildman–Crippen MR) is 132 cm³/mol. The minimum Gasteiger partial charge on any atom is -0.334 e. The molecule has 174 valence electrons. The third-order valence-electron chi connectivity index (χ3n) is 6.60. The number of carbonyl (C=O) groups is 1. The summed E-state index contributed by atoms with van der Waals surface area (Å²) in [5.74, 6) is -0.241. The molecule has 2 heterocycles. The van der Waals surface area contributed by atoms with Gasteiger partial charge in [0.05, 0.1) is 16.8 Å². The van der Waals surface area contributed by atoms with Gasteiger partial charge in [0.2, 0.25) is 0 Å². The minimum atomic E-state index is -0.288. The predicted octanol–water partition coefficient (Wildman–Crippen LogP) is 4.58. The van der Waals surface area contributed by atoms with Crippen molar-refractivity contribution in [3.8, 4) is 11.3 Å². The highest BCUT2D eigenvalue weighted by molar-refractivity contribution is 6.07. The summed E-state index contributed by atoms with van der Waals surface area (Å²) in [4.78, 5) is 22.9. The minimum absolute atomic E-state index is 0.0463. The van der Waals surface area contributed by atoms with Crippen molar-refractivity contribution in [2.24, 2.45) is 0 Å². The summed E-state index contributed by atoms with van der Waals surface area (Å²) in [5, 5.41) is 4.41. The third kappa shape index (κ3) is 5.40. The Hall–Kier alpha value is -2.83. The second kappa shape index (κ2) is 10.9. The van der Waals surface area contributed by atoms with E-state index in [1.165, 1.54) is 12.1 Å². The van der Waals surface area contributed by atoms with Gasteiger partial charge in [0.1, 0.15) is 5.82 Å². The maximum atomic E-state index is 13.7. The van der Waals surface area contributed by atoms with Gasteiger partial charge in [-0.15, -0.1) is 0 Å². The van der Waals surface area contributed by atoms with Crippen molar-refractivity contribution in [2.45, 2.75) is 32.7 Å². The number of likely N-dealkylation sites (N-methyl/N-ethyl adjacent to an activating group) is 1. The van der Waals surface area contributed by atoms with Gasteiger partial charge in [-0.1, -0.05) is 32.0 Å². The zero-order valence-corrected chi connectivity index (χ0v) is 19.6. The molecular weight excluding hydrogens is 415 g/mol. The molecule has 1 N–H and O–H groups in total. The molecule has 0 spiro atoms. The lowest BCUT2D eigenvalue weighted by atomic mass is 10.0. The van der Waals surface area contributed by atoms with Crippen molar-refractivity contribution in [1.29, 1.82) is 0 Å². The monoisotopic (exact) mass is 448 g/mol. The Kier molecular flexibility index (Phi) is 7.68. The van der Waals surface area contributed by atoms with Crippen LogP contribution in [0.25, 0.3) is 22.2 Å². The molecule has 0 saturated carbocycles. The molecular formula is C27H33FN4O. The highest BCUT2D eigenvalue weighted by Crippen LogP contribution is 2.28. The van der Waals surface area contributed by atoms with Crippen LogP contribution in [0.2, 0.25) is 0 Å². The molecule has 1 aromatic heterocycles. The third-order valence-corrected chi connectivity index (χ3v) is 6.60. The molecule has 1 amide bonds. The number of nitrogens with zero attached hydrogens (tertiary/aromatic N) is 3. The van der Waals surface area contributed by atoms with E-state index in [1.54, 1.807) is 12.1 Å². The van der Waals surface area contributed by atoms with Gasteiger partial charge in [-0.25, -0.2) is 9.37 Å². The smallest absolute Gasteiger partial charge is 0.254 e. The van der Waals surface area contributed by atoms with Crippen LogP contribution in [-0.2, 0) is 0 Å². The second-order valence-corrected chi connectivity index (χ2v) is 8.60.